The molecule has 16 atom stereocenters. The van der Waals surface area contributed by atoms with Gasteiger partial charge in [-0.3, -0.25) is 48.8 Å². The van der Waals surface area contributed by atoms with E-state index in [1.165, 1.54) is 35.6 Å². The van der Waals surface area contributed by atoms with E-state index >= 15 is 0 Å². The summed E-state index contributed by atoms with van der Waals surface area (Å²) >= 11 is 0. The van der Waals surface area contributed by atoms with E-state index in [0.29, 0.717) is 67.0 Å². The number of nitrogens with one attached hydrogen (secondary N) is 3. The van der Waals surface area contributed by atoms with E-state index in [4.69, 9.17) is 39.1 Å². The number of aliphatic hydroxyl groups excluding tert-OH is 2. The van der Waals surface area contributed by atoms with Gasteiger partial charge < -0.3 is 65.4 Å². The van der Waals surface area contributed by atoms with Crippen LogP contribution in [0.25, 0.3) is 22.3 Å². The van der Waals surface area contributed by atoms with Gasteiger partial charge in [-0.05, 0) is 168 Å². The fourth-order valence-corrected chi connectivity index (χ4v) is 18.4. The minimum absolute atomic E-state index is 0.0200. The molecule has 5 aromatic carbocycles. The quantitative estimate of drug-likeness (QED) is 0.0137. The van der Waals surface area contributed by atoms with Crippen LogP contribution in [-0.2, 0) is 51.3 Å². The van der Waals surface area contributed by atoms with Gasteiger partial charge in [0.05, 0.1) is 56.6 Å². The Morgan fingerprint density at radius 2 is 1.01 bits per heavy atom. The number of fused-ring (bicyclic) bond motifs is 4. The molecule has 0 radical (unpaired) electrons. The summed E-state index contributed by atoms with van der Waals surface area (Å²) < 4.78 is 26.8. The maximum absolute atomic E-state index is 14.3. The molecule has 7 N–H and O–H groups in total. The smallest absolute Gasteiger partial charge is 0.447 e. The highest BCUT2D eigenvalue weighted by molar-refractivity contribution is 5.95. The first-order valence-corrected chi connectivity index (χ1v) is 40.4. The number of hydrogen-bond acceptors (Lipinski definition) is 22. The molecule has 28 nitrogen and oxygen atoms in total. The average Bonchev–Trinajstić information content (AvgIpc) is 1.52. The molecule has 5 aromatic rings. The molecule has 0 aromatic heterocycles. The molecule has 4 heterocycles. The number of nitro benzene ring substituents is 1. The summed E-state index contributed by atoms with van der Waals surface area (Å²) in [5, 5.41) is 46.0. The van der Waals surface area contributed by atoms with Crippen LogP contribution in [-0.4, -0.2) is 250 Å². The normalized spacial score (nSPS) is 27.4. The fourth-order valence-electron chi connectivity index (χ4n) is 18.4. The molecule has 0 unspecified atom stereocenters. The molecule has 6 saturated carbocycles. The van der Waals surface area contributed by atoms with Gasteiger partial charge in [0.1, 0.15) is 43.3 Å². The first-order valence-electron chi connectivity index (χ1n) is 40.4. The van der Waals surface area contributed by atoms with Crippen LogP contribution in [0, 0.1) is 68.3 Å². The number of nitrogens with two attached hydrogens (primary N) is 1. The van der Waals surface area contributed by atoms with Crippen molar-refractivity contribution in [1.82, 2.24) is 45.7 Å². The first-order chi connectivity index (χ1) is 54.4. The van der Waals surface area contributed by atoms with Gasteiger partial charge in [0.2, 0.25) is 11.8 Å². The van der Waals surface area contributed by atoms with E-state index in [0.717, 1.165) is 105 Å². The molecule has 10 fully saturated rings. The summed E-state index contributed by atoms with van der Waals surface area (Å²) in [6.45, 7) is 26.8. The van der Waals surface area contributed by atoms with Crippen LogP contribution in [0.15, 0.2) is 121 Å². The second-order valence-electron chi connectivity index (χ2n) is 33.7. The topological polar surface area (TPSA) is 332 Å². The van der Waals surface area contributed by atoms with Crippen molar-refractivity contribution in [3.63, 3.8) is 0 Å². The number of rotatable bonds is 25. The zero-order chi connectivity index (χ0) is 81.9. The lowest BCUT2D eigenvalue weighted by Gasteiger charge is -2.62. The molecular weight excluding hydrogens is 1460 g/mol. The Morgan fingerprint density at radius 1 is 0.588 bits per heavy atom. The lowest BCUT2D eigenvalue weighted by Crippen LogP contribution is -2.62. The molecule has 0 spiro atoms. The number of hydrogen-bond donors (Lipinski definition) is 6. The molecule has 114 heavy (non-hydrogen) atoms. The maximum atomic E-state index is 14.3. The number of benzene rings is 5. The lowest BCUT2D eigenvalue weighted by atomic mass is 9.45. The minimum Gasteiger partial charge on any atom is -0.447 e. The predicted octanol–water partition coefficient (Wildman–Crippen LogP) is 8.91. The summed E-state index contributed by atoms with van der Waals surface area (Å²) in [6.07, 6.45) is -1.000. The number of ether oxygens (including phenoxy) is 5. The van der Waals surface area contributed by atoms with Crippen molar-refractivity contribution >= 4 is 41.6 Å². The summed E-state index contributed by atoms with van der Waals surface area (Å²) in [4.78, 5) is 110. The number of hydroxylamine groups is 4. The largest absolute Gasteiger partial charge is 0.513 e. The van der Waals surface area contributed by atoms with Gasteiger partial charge >= 0.3 is 12.2 Å². The SMILES string of the molecule is C[C@@H]1[C@@H](NC(=O)[C@@H]2[C@H]([C@H](C)O)[C@H](COC(=O)NCCN3CCOCC3)ON2Cc2cccc(-c3ccc(C(=O)N(C)C)cc3)c2)C[C@H]2C[C@@H]1C2(C)C.C[C@@H]1[C@@H](NC(=O)[C@@H]2[C@H]([C@H](C)O)[C@H](COC(=O)Oc3ccc([N+](=O)[O-])cc3)ON2Cc2cccc(-c3ccc(C(=O)N(C)C)cc3)c2)C[C@H]2C[C@@H]1C2(C)C.NCCN1CCOCC1. The highest BCUT2D eigenvalue weighted by Crippen LogP contribution is 2.62. The molecule has 4 saturated heterocycles. The van der Waals surface area contributed by atoms with Crippen molar-refractivity contribution in [2.45, 2.75) is 143 Å². The molecule has 4 aliphatic heterocycles. The number of amides is 5. The Bertz CT molecular complexity index is 4080. The van der Waals surface area contributed by atoms with Crippen molar-refractivity contribution in [3.05, 3.63) is 154 Å². The summed E-state index contributed by atoms with van der Waals surface area (Å²) in [6, 6.07) is 33.9. The molecule has 4 bridgehead atoms. The Hall–Kier alpha value is -8.52. The number of nitro groups is 1. The predicted molar refractivity (Wildman–Crippen MR) is 429 cm³/mol. The molecule has 15 rings (SSSR count). The first kappa shape index (κ1) is 86.3. The Balaban J connectivity index is 0.000000202. The van der Waals surface area contributed by atoms with Crippen molar-refractivity contribution in [1.29, 1.82) is 0 Å². The van der Waals surface area contributed by atoms with E-state index < -0.39 is 65.5 Å². The van der Waals surface area contributed by atoms with Crippen LogP contribution in [0.3, 0.4) is 0 Å². The summed E-state index contributed by atoms with van der Waals surface area (Å²) in [7, 11) is 6.87. The third kappa shape index (κ3) is 20.8. The number of nitrogens with zero attached hydrogens (tertiary/aromatic N) is 7. The fraction of sp³-hybridized carbons (Fsp3) is 0.581. The number of non-ortho nitro benzene ring substituents is 1. The van der Waals surface area contributed by atoms with Crippen LogP contribution in [0.4, 0.5) is 15.3 Å². The van der Waals surface area contributed by atoms with Crippen LogP contribution in [0.2, 0.25) is 0 Å². The summed E-state index contributed by atoms with van der Waals surface area (Å²) in [5.41, 5.74) is 12.4. The number of alkyl carbamates (subject to hydrolysis) is 1. The second kappa shape index (κ2) is 38.5. The highest BCUT2D eigenvalue weighted by atomic mass is 16.7. The summed E-state index contributed by atoms with van der Waals surface area (Å²) in [5.74, 6) is 0.833. The van der Waals surface area contributed by atoms with Gasteiger partial charge in [-0.2, -0.15) is 10.1 Å². The maximum Gasteiger partial charge on any atom is 0.513 e. The van der Waals surface area contributed by atoms with Crippen LogP contribution < -0.4 is 26.4 Å². The number of carbonyl (C=O) groups excluding carboxylic acids is 6. The zero-order valence-electron chi connectivity index (χ0n) is 68.2. The Labute approximate surface area is 670 Å². The van der Waals surface area contributed by atoms with Gasteiger partial charge in [0.15, 0.2) is 0 Å². The average molecular weight is 1580 g/mol. The van der Waals surface area contributed by atoms with Crippen molar-refractivity contribution in [2.75, 3.05) is 120 Å². The van der Waals surface area contributed by atoms with E-state index in [-0.39, 0.29) is 90.2 Å². The van der Waals surface area contributed by atoms with Crippen LogP contribution >= 0.6 is 0 Å². The number of carbonyl (C=O) groups is 6. The third-order valence-electron chi connectivity index (χ3n) is 25.4. The number of aliphatic hydroxyl groups is 2. The highest BCUT2D eigenvalue weighted by Gasteiger charge is 2.59. The van der Waals surface area contributed by atoms with Gasteiger partial charge in [-0.15, -0.1) is 0 Å². The standard InChI is InChI=1S/C40H57N5O7.C40H48N4O9.C6H14N2O/c1-25-32-21-31(40(32,3)4)22-33(25)42-37(47)36-35(26(2)46)34(24-51-39(49)41-14-15-44-16-18-50-19-17-44)52-45(36)23-27-8-7-9-30(20-27)28-10-12-29(13-11-28)38(48)43(5)6;1-23-32-19-29(40(32,3)4)20-33(23)41-37(46)36-35(24(2)45)34(22-51-39(48)52-31-16-14-30(15-17-31)44(49)50)53-43(36)21-25-8-7-9-28(18-25)26-10-12-27(13-11-26)38(47)42(5)6;7-1-2-8-3-5-9-6-4-8/h7-13,20,25-26,31-36,46H,14-19,21-24H2,1-6H3,(H,41,49)(H,42,47);7-18,23-24,29,32-36,45H,19-22H2,1-6H3,(H,41,46);1-7H2/t25-,26-,31+,32-,33-,34-,35+,36-;23-,24-,29+,32-,33-,34-,35+,36-;/m00./s1. The van der Waals surface area contributed by atoms with Crippen LogP contribution in [0.1, 0.15) is 113 Å². The molecule has 620 valence electrons. The zero-order valence-corrected chi connectivity index (χ0v) is 68.2. The Morgan fingerprint density at radius 3 is 1.39 bits per heavy atom. The van der Waals surface area contributed by atoms with Crippen molar-refractivity contribution < 1.29 is 77.3 Å². The van der Waals surface area contributed by atoms with E-state index in [1.54, 1.807) is 69.2 Å². The molecule has 10 aliphatic rings. The van der Waals surface area contributed by atoms with E-state index in [2.05, 4.69) is 67.3 Å². The third-order valence-corrected chi connectivity index (χ3v) is 25.4. The van der Waals surface area contributed by atoms with Gasteiger partial charge in [-0.1, -0.05) is 102 Å². The minimum atomic E-state index is -1.06. The van der Waals surface area contributed by atoms with Crippen molar-refractivity contribution in [2.24, 2.45) is 63.9 Å². The molecule has 5 amide bonds. The molecule has 28 heteroatoms. The van der Waals surface area contributed by atoms with E-state index in [9.17, 15) is 49.1 Å². The van der Waals surface area contributed by atoms with Gasteiger partial charge in [0.25, 0.3) is 17.5 Å². The van der Waals surface area contributed by atoms with Crippen LogP contribution in [0.5, 0.6) is 5.75 Å². The number of morpholine rings is 2. The van der Waals surface area contributed by atoms with E-state index in [1.807, 2.05) is 84.9 Å². The second-order valence-corrected chi connectivity index (χ2v) is 33.7. The Kier molecular flexibility index (Phi) is 29.2. The van der Waals surface area contributed by atoms with Gasteiger partial charge in [0, 0.05) is 128 Å². The molecule has 6 aliphatic carbocycles. The molecular formula is C86H119N11O17. The van der Waals surface area contributed by atoms with Crippen molar-refractivity contribution in [3.8, 4) is 28.0 Å². The monoisotopic (exact) mass is 1580 g/mol. The van der Waals surface area contributed by atoms with Gasteiger partial charge in [-0.25, -0.2) is 9.59 Å². The lowest BCUT2D eigenvalue weighted by molar-refractivity contribution is -0.384.